The van der Waals surface area contributed by atoms with Crippen LogP contribution in [0.25, 0.3) is 0 Å². The quantitative estimate of drug-likeness (QED) is 0.697. The highest BCUT2D eigenvalue weighted by atomic mass is 16.7. The molecule has 0 bridgehead atoms. The van der Waals surface area contributed by atoms with Gasteiger partial charge in [0.05, 0.1) is 7.11 Å². The second-order valence-electron chi connectivity index (χ2n) is 3.97. The van der Waals surface area contributed by atoms with E-state index >= 15 is 0 Å². The fourth-order valence-corrected chi connectivity index (χ4v) is 1.21. The molecular weight excluding hydrogens is 244 g/mol. The van der Waals surface area contributed by atoms with Crippen LogP contribution in [-0.2, 0) is 4.84 Å². The SMILES string of the molecule is C=C(CC)Nc1nc(NCCC)nc(N(C)OC)n1. The smallest absolute Gasteiger partial charge is 0.256 e. The van der Waals surface area contributed by atoms with Gasteiger partial charge < -0.3 is 10.6 Å². The molecule has 7 nitrogen and oxygen atoms in total. The van der Waals surface area contributed by atoms with Crippen LogP contribution >= 0.6 is 0 Å². The largest absolute Gasteiger partial charge is 0.354 e. The Balaban J connectivity index is 2.97. The van der Waals surface area contributed by atoms with E-state index in [1.54, 1.807) is 14.2 Å². The highest BCUT2D eigenvalue weighted by molar-refractivity contribution is 5.44. The first-order valence-electron chi connectivity index (χ1n) is 6.33. The number of aromatic nitrogens is 3. The van der Waals surface area contributed by atoms with Gasteiger partial charge in [-0.15, -0.1) is 0 Å². The van der Waals surface area contributed by atoms with Gasteiger partial charge >= 0.3 is 0 Å². The van der Waals surface area contributed by atoms with Crippen LogP contribution in [-0.4, -0.2) is 35.7 Å². The molecule has 0 atom stereocenters. The van der Waals surface area contributed by atoms with Crippen molar-refractivity contribution in [2.75, 3.05) is 36.4 Å². The van der Waals surface area contributed by atoms with E-state index in [1.807, 2.05) is 6.92 Å². The molecule has 7 heteroatoms. The number of hydrogen-bond acceptors (Lipinski definition) is 7. The summed E-state index contributed by atoms with van der Waals surface area (Å²) in [5.41, 5.74) is 0.846. The number of rotatable bonds is 8. The second kappa shape index (κ2) is 7.52. The maximum absolute atomic E-state index is 5.08. The molecule has 0 aromatic carbocycles. The fraction of sp³-hybridized carbons (Fsp3) is 0.583. The first-order chi connectivity index (χ1) is 9.10. The predicted octanol–water partition coefficient (Wildman–Crippen LogP) is 2.03. The molecule has 0 saturated heterocycles. The van der Waals surface area contributed by atoms with Gasteiger partial charge in [0.15, 0.2) is 0 Å². The van der Waals surface area contributed by atoms with Crippen LogP contribution in [0.3, 0.4) is 0 Å². The van der Waals surface area contributed by atoms with Crippen LogP contribution in [0.4, 0.5) is 17.8 Å². The van der Waals surface area contributed by atoms with E-state index in [0.29, 0.717) is 17.8 Å². The Morgan fingerprint density at radius 2 is 1.95 bits per heavy atom. The van der Waals surface area contributed by atoms with Gasteiger partial charge in [-0.3, -0.25) is 4.84 Å². The Morgan fingerprint density at radius 3 is 2.53 bits per heavy atom. The molecule has 0 spiro atoms. The molecule has 0 fully saturated rings. The maximum atomic E-state index is 5.08. The van der Waals surface area contributed by atoms with E-state index < -0.39 is 0 Å². The highest BCUT2D eigenvalue weighted by Gasteiger charge is 2.10. The summed E-state index contributed by atoms with van der Waals surface area (Å²) in [6, 6.07) is 0. The molecule has 2 N–H and O–H groups in total. The summed E-state index contributed by atoms with van der Waals surface area (Å²) in [6.45, 7) is 8.76. The van der Waals surface area contributed by atoms with Crippen LogP contribution in [0.5, 0.6) is 0 Å². The van der Waals surface area contributed by atoms with Crippen molar-refractivity contribution < 1.29 is 4.84 Å². The third-order valence-electron chi connectivity index (χ3n) is 2.43. The van der Waals surface area contributed by atoms with Crippen LogP contribution in [0.15, 0.2) is 12.3 Å². The summed E-state index contributed by atoms with van der Waals surface area (Å²) >= 11 is 0. The molecule has 0 unspecified atom stereocenters. The van der Waals surface area contributed by atoms with Crippen molar-refractivity contribution in [3.63, 3.8) is 0 Å². The summed E-state index contributed by atoms with van der Waals surface area (Å²) in [6.07, 6.45) is 1.80. The van der Waals surface area contributed by atoms with Gasteiger partial charge in [-0.25, -0.2) is 5.06 Å². The number of nitrogens with one attached hydrogen (secondary N) is 2. The van der Waals surface area contributed by atoms with E-state index in [-0.39, 0.29) is 0 Å². The molecular formula is C12H22N6O. The van der Waals surface area contributed by atoms with Crippen molar-refractivity contribution in [2.24, 2.45) is 0 Å². The molecule has 1 rings (SSSR count). The third-order valence-corrected chi connectivity index (χ3v) is 2.43. The number of hydrogen-bond donors (Lipinski definition) is 2. The van der Waals surface area contributed by atoms with Crippen LogP contribution in [0.2, 0.25) is 0 Å². The van der Waals surface area contributed by atoms with Crippen LogP contribution in [0, 0.1) is 0 Å². The predicted molar refractivity (Wildman–Crippen MR) is 77.1 cm³/mol. The van der Waals surface area contributed by atoms with E-state index in [1.165, 1.54) is 5.06 Å². The minimum atomic E-state index is 0.433. The zero-order valence-electron chi connectivity index (χ0n) is 12.0. The zero-order valence-corrected chi connectivity index (χ0v) is 12.0. The first kappa shape index (κ1) is 15.2. The van der Waals surface area contributed by atoms with Crippen LogP contribution < -0.4 is 15.7 Å². The summed E-state index contributed by atoms with van der Waals surface area (Å²) in [5, 5.41) is 7.65. The minimum Gasteiger partial charge on any atom is -0.354 e. The molecule has 19 heavy (non-hydrogen) atoms. The molecule has 1 aromatic heterocycles. The van der Waals surface area contributed by atoms with E-state index in [4.69, 9.17) is 4.84 Å². The Kier molecular flexibility index (Phi) is 6.01. The lowest BCUT2D eigenvalue weighted by Crippen LogP contribution is -2.20. The lowest BCUT2D eigenvalue weighted by atomic mass is 10.4. The molecule has 0 aliphatic rings. The standard InChI is InChI=1S/C12H22N6O/c1-6-8-13-10-15-11(14-9(3)7-2)17-12(16-10)18(4)19-5/h3,6-8H2,1-2,4-5H3,(H2,13,14,15,16,17). The monoisotopic (exact) mass is 266 g/mol. The molecule has 1 aromatic rings. The molecule has 0 aliphatic carbocycles. The van der Waals surface area contributed by atoms with Crippen molar-refractivity contribution in [1.82, 2.24) is 15.0 Å². The van der Waals surface area contributed by atoms with Crippen molar-refractivity contribution in [3.05, 3.63) is 12.3 Å². The lowest BCUT2D eigenvalue weighted by Gasteiger charge is -2.16. The third kappa shape index (κ3) is 4.70. The average Bonchev–Trinajstić information content (AvgIpc) is 2.43. The van der Waals surface area contributed by atoms with Gasteiger partial charge in [0.2, 0.25) is 11.9 Å². The Hall–Kier alpha value is -1.89. The van der Waals surface area contributed by atoms with Gasteiger partial charge in [-0.05, 0) is 12.8 Å². The fourth-order valence-electron chi connectivity index (χ4n) is 1.21. The van der Waals surface area contributed by atoms with E-state index in [9.17, 15) is 0 Å². The molecule has 0 radical (unpaired) electrons. The summed E-state index contributed by atoms with van der Waals surface area (Å²) in [7, 11) is 3.29. The number of hydroxylamine groups is 1. The number of allylic oxidation sites excluding steroid dienone is 1. The Morgan fingerprint density at radius 1 is 1.26 bits per heavy atom. The maximum Gasteiger partial charge on any atom is 0.256 e. The molecule has 106 valence electrons. The van der Waals surface area contributed by atoms with E-state index in [0.717, 1.165) is 25.1 Å². The first-order valence-corrected chi connectivity index (χ1v) is 6.33. The highest BCUT2D eigenvalue weighted by Crippen LogP contribution is 2.14. The zero-order chi connectivity index (χ0) is 14.3. The Labute approximate surface area is 114 Å². The molecule has 0 saturated carbocycles. The summed E-state index contributed by atoms with van der Waals surface area (Å²) in [5.74, 6) is 1.41. The van der Waals surface area contributed by atoms with E-state index in [2.05, 4.69) is 39.1 Å². The van der Waals surface area contributed by atoms with Gasteiger partial charge in [-0.2, -0.15) is 15.0 Å². The van der Waals surface area contributed by atoms with Gasteiger partial charge in [0.25, 0.3) is 5.95 Å². The second-order valence-corrected chi connectivity index (χ2v) is 3.97. The minimum absolute atomic E-state index is 0.433. The van der Waals surface area contributed by atoms with Crippen molar-refractivity contribution >= 4 is 17.8 Å². The summed E-state index contributed by atoms with van der Waals surface area (Å²) < 4.78 is 0. The van der Waals surface area contributed by atoms with Crippen molar-refractivity contribution in [2.45, 2.75) is 26.7 Å². The lowest BCUT2D eigenvalue weighted by molar-refractivity contribution is 0.180. The van der Waals surface area contributed by atoms with Crippen LogP contribution in [0.1, 0.15) is 26.7 Å². The molecule has 1 heterocycles. The van der Waals surface area contributed by atoms with Gasteiger partial charge in [-0.1, -0.05) is 20.4 Å². The van der Waals surface area contributed by atoms with Gasteiger partial charge in [0, 0.05) is 19.3 Å². The molecule has 0 amide bonds. The molecule has 0 aliphatic heterocycles. The normalized spacial score (nSPS) is 10.1. The number of nitrogens with zero attached hydrogens (tertiary/aromatic N) is 4. The Bertz CT molecular complexity index is 423. The van der Waals surface area contributed by atoms with Gasteiger partial charge in [0.1, 0.15) is 0 Å². The van der Waals surface area contributed by atoms with Crippen molar-refractivity contribution in [3.8, 4) is 0 Å². The van der Waals surface area contributed by atoms with Crippen molar-refractivity contribution in [1.29, 1.82) is 0 Å². The topological polar surface area (TPSA) is 75.2 Å². The summed E-state index contributed by atoms with van der Waals surface area (Å²) in [4.78, 5) is 17.9. The average molecular weight is 266 g/mol. The number of anilines is 3.